The third-order valence-electron chi connectivity index (χ3n) is 5.67. The molecule has 8 heteroatoms. The van der Waals surface area contributed by atoms with Gasteiger partial charge in [0.2, 0.25) is 5.91 Å². The number of nitrogens with zero attached hydrogens (tertiary/aromatic N) is 3. The minimum atomic E-state index is -0.522. The summed E-state index contributed by atoms with van der Waals surface area (Å²) < 4.78 is 21.6. The minimum absolute atomic E-state index is 0.0713. The number of H-pyrrole nitrogens is 1. The number of nitrogens with one attached hydrogen (secondary N) is 1. The minimum Gasteiger partial charge on any atom is -0.497 e. The molecule has 1 aliphatic rings. The van der Waals surface area contributed by atoms with Crippen molar-refractivity contribution in [3.05, 3.63) is 64.6 Å². The molecular weight excluding hydrogens is 399 g/mol. The smallest absolute Gasteiger partial charge is 0.348 e. The highest BCUT2D eigenvalue weighted by Crippen LogP contribution is 2.30. The van der Waals surface area contributed by atoms with E-state index < -0.39 is 11.5 Å². The van der Waals surface area contributed by atoms with Gasteiger partial charge in [-0.3, -0.25) is 4.79 Å². The van der Waals surface area contributed by atoms with Crippen molar-refractivity contribution in [3.63, 3.8) is 0 Å². The maximum Gasteiger partial charge on any atom is 0.348 e. The number of methoxy groups -OCH3 is 1. The number of likely N-dealkylation sites (tertiary alicyclic amines) is 1. The average Bonchev–Trinajstić information content (AvgIpc) is 3.40. The second-order valence-corrected chi connectivity index (χ2v) is 8.04. The van der Waals surface area contributed by atoms with Crippen molar-refractivity contribution in [2.45, 2.75) is 26.2 Å². The molecule has 1 N–H and O–H groups in total. The van der Waals surface area contributed by atoms with Gasteiger partial charge in [-0.05, 0) is 41.8 Å². The fourth-order valence-corrected chi connectivity index (χ4v) is 4.00. The molecule has 0 spiro atoms. The Morgan fingerprint density at radius 1 is 1.19 bits per heavy atom. The summed E-state index contributed by atoms with van der Waals surface area (Å²) >= 11 is 0. The highest BCUT2D eigenvalue weighted by Gasteiger charge is 2.32. The predicted molar refractivity (Wildman–Crippen MR) is 115 cm³/mol. The fraction of sp³-hybridized carbons (Fsp3) is 0.348. The second-order valence-electron chi connectivity index (χ2n) is 8.04. The van der Waals surface area contributed by atoms with Gasteiger partial charge in [0, 0.05) is 24.9 Å². The van der Waals surface area contributed by atoms with Crippen LogP contribution in [0.3, 0.4) is 0 Å². The van der Waals surface area contributed by atoms with Crippen LogP contribution in [0.1, 0.15) is 32.0 Å². The molecule has 162 valence electrons. The largest absolute Gasteiger partial charge is 0.497 e. The normalized spacial score (nSPS) is 16.2. The Morgan fingerprint density at radius 2 is 1.90 bits per heavy atom. The van der Waals surface area contributed by atoms with Crippen LogP contribution in [-0.2, 0) is 4.79 Å². The van der Waals surface area contributed by atoms with Crippen LogP contribution in [0, 0.1) is 11.7 Å². The van der Waals surface area contributed by atoms with Crippen LogP contribution in [0.25, 0.3) is 16.8 Å². The van der Waals surface area contributed by atoms with Crippen molar-refractivity contribution in [1.82, 2.24) is 19.7 Å². The molecule has 1 aromatic heterocycles. The van der Waals surface area contributed by atoms with Gasteiger partial charge < -0.3 is 9.64 Å². The standard InChI is InChI=1S/C23H25FN4O3/c1-14(2)22(29)27-11-10-17(13-27)21-25-26-23(30)28(21)20-9-6-16(12-19(20)24)15-4-7-18(31-3)8-5-15/h4-9,12,14,17H,10-11,13H2,1-3H3,(H,26,30). The summed E-state index contributed by atoms with van der Waals surface area (Å²) in [7, 11) is 1.59. The van der Waals surface area contributed by atoms with E-state index in [4.69, 9.17) is 4.74 Å². The van der Waals surface area contributed by atoms with Gasteiger partial charge in [0.15, 0.2) is 0 Å². The van der Waals surface area contributed by atoms with E-state index in [1.54, 1.807) is 24.1 Å². The lowest BCUT2D eigenvalue weighted by atomic mass is 10.0. The van der Waals surface area contributed by atoms with Crippen molar-refractivity contribution in [1.29, 1.82) is 0 Å². The molecule has 1 atom stereocenters. The number of benzene rings is 2. The summed E-state index contributed by atoms with van der Waals surface area (Å²) in [5, 5.41) is 6.60. The van der Waals surface area contributed by atoms with Crippen LogP contribution in [0.2, 0.25) is 0 Å². The third kappa shape index (κ3) is 3.97. The number of carbonyl (C=O) groups excluding carboxylic acids is 1. The van der Waals surface area contributed by atoms with Gasteiger partial charge >= 0.3 is 5.69 Å². The fourth-order valence-electron chi connectivity index (χ4n) is 4.00. The number of aromatic amines is 1. The highest BCUT2D eigenvalue weighted by molar-refractivity contribution is 5.78. The molecule has 0 aliphatic carbocycles. The van der Waals surface area contributed by atoms with Crippen LogP contribution in [-0.4, -0.2) is 45.8 Å². The number of aromatic nitrogens is 3. The average molecular weight is 424 g/mol. The summed E-state index contributed by atoms with van der Waals surface area (Å²) in [6.07, 6.45) is 0.675. The van der Waals surface area contributed by atoms with Gasteiger partial charge in [-0.1, -0.05) is 32.0 Å². The molecule has 2 aromatic carbocycles. The number of rotatable bonds is 5. The molecule has 2 heterocycles. The number of ether oxygens (including phenoxy) is 1. The maximum atomic E-state index is 15.1. The molecule has 31 heavy (non-hydrogen) atoms. The van der Waals surface area contributed by atoms with Crippen molar-refractivity contribution in [2.75, 3.05) is 20.2 Å². The predicted octanol–water partition coefficient (Wildman–Crippen LogP) is 3.35. The van der Waals surface area contributed by atoms with Crippen LogP contribution in [0.4, 0.5) is 4.39 Å². The molecule has 0 radical (unpaired) electrons. The summed E-state index contributed by atoms with van der Waals surface area (Å²) in [5.41, 5.74) is 1.17. The van der Waals surface area contributed by atoms with E-state index in [1.807, 2.05) is 38.1 Å². The molecule has 1 aliphatic heterocycles. The van der Waals surface area contributed by atoms with Crippen molar-refractivity contribution in [2.24, 2.45) is 5.92 Å². The number of hydrogen-bond acceptors (Lipinski definition) is 4. The Balaban J connectivity index is 1.64. The SMILES string of the molecule is COc1ccc(-c2ccc(-n3c(C4CCN(C(=O)C(C)C)C4)n[nH]c3=O)c(F)c2)cc1. The van der Waals surface area contributed by atoms with Gasteiger partial charge in [-0.25, -0.2) is 18.9 Å². The number of hydrogen-bond donors (Lipinski definition) is 1. The Labute approximate surface area is 179 Å². The van der Waals surface area contributed by atoms with Gasteiger partial charge in [-0.2, -0.15) is 5.10 Å². The lowest BCUT2D eigenvalue weighted by molar-refractivity contribution is -0.133. The van der Waals surface area contributed by atoms with Gasteiger partial charge in [0.25, 0.3) is 0 Å². The topological polar surface area (TPSA) is 80.2 Å². The molecular formula is C23H25FN4O3. The van der Waals surface area contributed by atoms with Gasteiger partial charge in [0.05, 0.1) is 12.8 Å². The molecule has 0 bridgehead atoms. The second kappa shape index (κ2) is 8.37. The lowest BCUT2D eigenvalue weighted by Crippen LogP contribution is -2.32. The molecule has 1 amide bonds. The first-order valence-electron chi connectivity index (χ1n) is 10.3. The molecule has 1 unspecified atom stereocenters. The number of carbonyl (C=O) groups is 1. The lowest BCUT2D eigenvalue weighted by Gasteiger charge is -2.18. The van der Waals surface area contributed by atoms with E-state index in [1.165, 1.54) is 10.6 Å². The first-order valence-corrected chi connectivity index (χ1v) is 10.3. The summed E-state index contributed by atoms with van der Waals surface area (Å²) in [6, 6.07) is 12.1. The highest BCUT2D eigenvalue weighted by atomic mass is 19.1. The van der Waals surface area contributed by atoms with E-state index >= 15 is 4.39 Å². The van der Waals surface area contributed by atoms with Crippen molar-refractivity contribution < 1.29 is 13.9 Å². The molecule has 1 saturated heterocycles. The summed E-state index contributed by atoms with van der Waals surface area (Å²) in [6.45, 7) is 4.79. The summed E-state index contributed by atoms with van der Waals surface area (Å²) in [5.74, 6) is 0.482. The van der Waals surface area contributed by atoms with Crippen LogP contribution in [0.5, 0.6) is 5.75 Å². The van der Waals surface area contributed by atoms with E-state index in [-0.39, 0.29) is 23.4 Å². The Hall–Kier alpha value is -3.42. The zero-order valence-electron chi connectivity index (χ0n) is 17.8. The zero-order chi connectivity index (χ0) is 22.1. The zero-order valence-corrected chi connectivity index (χ0v) is 17.8. The Kier molecular flexibility index (Phi) is 5.63. The van der Waals surface area contributed by atoms with E-state index in [0.29, 0.717) is 30.9 Å². The van der Waals surface area contributed by atoms with E-state index in [9.17, 15) is 9.59 Å². The molecule has 1 fully saturated rings. The first kappa shape index (κ1) is 20.8. The maximum absolute atomic E-state index is 15.1. The molecule has 3 aromatic rings. The van der Waals surface area contributed by atoms with Crippen LogP contribution >= 0.6 is 0 Å². The first-order chi connectivity index (χ1) is 14.9. The van der Waals surface area contributed by atoms with E-state index in [0.717, 1.165) is 11.3 Å². The number of amides is 1. The van der Waals surface area contributed by atoms with Crippen molar-refractivity contribution in [3.8, 4) is 22.6 Å². The van der Waals surface area contributed by atoms with Crippen LogP contribution < -0.4 is 10.4 Å². The van der Waals surface area contributed by atoms with E-state index in [2.05, 4.69) is 10.2 Å². The third-order valence-corrected chi connectivity index (χ3v) is 5.67. The monoisotopic (exact) mass is 424 g/mol. The van der Waals surface area contributed by atoms with Gasteiger partial charge in [-0.15, -0.1) is 0 Å². The number of halogens is 1. The van der Waals surface area contributed by atoms with Crippen molar-refractivity contribution >= 4 is 5.91 Å². The Bertz CT molecular complexity index is 1150. The molecule has 7 nitrogen and oxygen atoms in total. The Morgan fingerprint density at radius 3 is 2.55 bits per heavy atom. The quantitative estimate of drug-likeness (QED) is 0.681. The van der Waals surface area contributed by atoms with Gasteiger partial charge in [0.1, 0.15) is 17.4 Å². The van der Waals surface area contributed by atoms with Crippen LogP contribution in [0.15, 0.2) is 47.3 Å². The molecule has 0 saturated carbocycles. The molecule has 4 rings (SSSR count). The summed E-state index contributed by atoms with van der Waals surface area (Å²) in [4.78, 5) is 26.6.